The lowest BCUT2D eigenvalue weighted by Gasteiger charge is -2.19. The molecule has 3 nitrogen and oxygen atoms in total. The molecular weight excluding hydrogens is 504 g/mol. The Balaban J connectivity index is 1.55. The van der Waals surface area contributed by atoms with Crippen LogP contribution >= 0.6 is 0 Å². The van der Waals surface area contributed by atoms with Gasteiger partial charge in [0.15, 0.2) is 0 Å². The molecule has 4 rings (SSSR count). The molecule has 0 spiro atoms. The van der Waals surface area contributed by atoms with E-state index in [1.54, 1.807) is 0 Å². The van der Waals surface area contributed by atoms with Gasteiger partial charge in [-0.3, -0.25) is 0 Å². The van der Waals surface area contributed by atoms with Crippen molar-refractivity contribution >= 4 is 21.5 Å². The molecule has 0 aliphatic carbocycles. The number of rotatable bonds is 20. The summed E-state index contributed by atoms with van der Waals surface area (Å²) in [4.78, 5) is 0. The third-order valence-electron chi connectivity index (χ3n) is 7.86. The molecule has 4 aromatic carbocycles. The van der Waals surface area contributed by atoms with Crippen molar-refractivity contribution in [2.24, 2.45) is 0 Å². The first-order valence-electron chi connectivity index (χ1n) is 16.3. The summed E-state index contributed by atoms with van der Waals surface area (Å²) in [6, 6.07) is 24.8. The van der Waals surface area contributed by atoms with Gasteiger partial charge in [-0.2, -0.15) is 0 Å². The summed E-state index contributed by atoms with van der Waals surface area (Å²) in [7, 11) is 0. The van der Waals surface area contributed by atoms with Crippen molar-refractivity contribution in [3.05, 3.63) is 72.8 Å². The SMILES string of the molecule is CCCCCCCCCOc1c2ccccc2c(OCCCCCCCCC)c2cc(Oc3ccccc3)ccc12. The van der Waals surface area contributed by atoms with Gasteiger partial charge in [-0.1, -0.05) is 133 Å². The van der Waals surface area contributed by atoms with Crippen LogP contribution in [0.1, 0.15) is 104 Å². The normalized spacial score (nSPS) is 11.3. The molecule has 0 bridgehead atoms. The van der Waals surface area contributed by atoms with Gasteiger partial charge in [-0.05, 0) is 43.2 Å². The van der Waals surface area contributed by atoms with Crippen LogP contribution in [-0.4, -0.2) is 13.2 Å². The zero-order chi connectivity index (χ0) is 28.5. The molecule has 0 amide bonds. The summed E-state index contributed by atoms with van der Waals surface area (Å²) in [6.07, 6.45) is 17.8. The van der Waals surface area contributed by atoms with Crippen molar-refractivity contribution in [2.75, 3.05) is 13.2 Å². The van der Waals surface area contributed by atoms with E-state index in [-0.39, 0.29) is 0 Å². The number of fused-ring (bicyclic) bond motifs is 2. The first kappa shape index (κ1) is 30.8. The molecule has 0 unspecified atom stereocenters. The Labute approximate surface area is 248 Å². The van der Waals surface area contributed by atoms with Crippen LogP contribution in [-0.2, 0) is 0 Å². The number of para-hydroxylation sites is 1. The average molecular weight is 555 g/mol. The molecule has 0 aromatic heterocycles. The van der Waals surface area contributed by atoms with E-state index >= 15 is 0 Å². The zero-order valence-electron chi connectivity index (χ0n) is 25.5. The molecule has 0 aliphatic rings. The number of unbranched alkanes of at least 4 members (excludes halogenated alkanes) is 12. The van der Waals surface area contributed by atoms with Gasteiger partial charge in [-0.15, -0.1) is 0 Å². The smallest absolute Gasteiger partial charge is 0.135 e. The third kappa shape index (κ3) is 9.42. The first-order chi connectivity index (χ1) is 20.3. The summed E-state index contributed by atoms with van der Waals surface area (Å²) >= 11 is 0. The molecule has 0 fully saturated rings. The van der Waals surface area contributed by atoms with Gasteiger partial charge in [0, 0.05) is 21.5 Å². The van der Waals surface area contributed by atoms with Crippen molar-refractivity contribution in [1.29, 1.82) is 0 Å². The van der Waals surface area contributed by atoms with E-state index in [0.29, 0.717) is 0 Å². The molecule has 41 heavy (non-hydrogen) atoms. The van der Waals surface area contributed by atoms with Crippen LogP contribution in [0.2, 0.25) is 0 Å². The molecular formula is C38H50O3. The fraction of sp³-hybridized carbons (Fsp3) is 0.474. The highest BCUT2D eigenvalue weighted by molar-refractivity contribution is 6.11. The van der Waals surface area contributed by atoms with E-state index < -0.39 is 0 Å². The Morgan fingerprint density at radius 3 is 1.44 bits per heavy atom. The molecule has 0 atom stereocenters. The van der Waals surface area contributed by atoms with Crippen molar-refractivity contribution in [3.63, 3.8) is 0 Å². The standard InChI is InChI=1S/C38H50O3/c1-3-5-7-9-11-13-20-28-39-37-33-24-18-19-25-34(33)38(40-29-21-14-12-10-8-6-4-2)36-30-32(26-27-35(36)37)41-31-22-16-15-17-23-31/h15-19,22-27,30H,3-14,20-21,28-29H2,1-2H3. The van der Waals surface area contributed by atoms with Gasteiger partial charge >= 0.3 is 0 Å². The van der Waals surface area contributed by atoms with Gasteiger partial charge in [-0.25, -0.2) is 0 Å². The predicted octanol–water partition coefficient (Wildman–Crippen LogP) is 12.0. The number of benzene rings is 4. The largest absolute Gasteiger partial charge is 0.492 e. The molecule has 0 radical (unpaired) electrons. The topological polar surface area (TPSA) is 27.7 Å². The summed E-state index contributed by atoms with van der Waals surface area (Å²) < 4.78 is 19.4. The Bertz CT molecular complexity index is 1300. The Morgan fingerprint density at radius 1 is 0.415 bits per heavy atom. The van der Waals surface area contributed by atoms with Crippen molar-refractivity contribution in [1.82, 2.24) is 0 Å². The lowest BCUT2D eigenvalue weighted by molar-refractivity contribution is 0.306. The van der Waals surface area contributed by atoms with Crippen LogP contribution in [0.15, 0.2) is 72.8 Å². The Morgan fingerprint density at radius 2 is 0.878 bits per heavy atom. The van der Waals surface area contributed by atoms with Crippen LogP contribution < -0.4 is 14.2 Å². The molecule has 0 heterocycles. The monoisotopic (exact) mass is 554 g/mol. The second-order valence-corrected chi connectivity index (χ2v) is 11.3. The molecule has 0 saturated heterocycles. The van der Waals surface area contributed by atoms with Gasteiger partial charge in [0.05, 0.1) is 13.2 Å². The van der Waals surface area contributed by atoms with Crippen LogP contribution in [0.4, 0.5) is 0 Å². The highest BCUT2D eigenvalue weighted by Gasteiger charge is 2.17. The van der Waals surface area contributed by atoms with E-state index in [2.05, 4.69) is 50.2 Å². The minimum atomic E-state index is 0.717. The van der Waals surface area contributed by atoms with E-state index in [0.717, 1.165) is 70.6 Å². The number of ether oxygens (including phenoxy) is 3. The lowest BCUT2D eigenvalue weighted by Crippen LogP contribution is -2.02. The van der Waals surface area contributed by atoms with Gasteiger partial charge in [0.2, 0.25) is 0 Å². The summed E-state index contributed by atoms with van der Waals surface area (Å²) in [5.41, 5.74) is 0. The molecule has 0 N–H and O–H groups in total. The summed E-state index contributed by atoms with van der Waals surface area (Å²) in [6.45, 7) is 5.98. The van der Waals surface area contributed by atoms with Crippen molar-refractivity contribution in [2.45, 2.75) is 104 Å². The fourth-order valence-electron chi connectivity index (χ4n) is 5.54. The van der Waals surface area contributed by atoms with Crippen LogP contribution in [0.3, 0.4) is 0 Å². The third-order valence-corrected chi connectivity index (χ3v) is 7.86. The maximum Gasteiger partial charge on any atom is 0.135 e. The molecule has 0 aliphatic heterocycles. The number of hydrogen-bond donors (Lipinski definition) is 0. The first-order valence-corrected chi connectivity index (χ1v) is 16.3. The second-order valence-electron chi connectivity index (χ2n) is 11.3. The molecule has 0 saturated carbocycles. The van der Waals surface area contributed by atoms with Gasteiger partial charge in [0.1, 0.15) is 23.0 Å². The Kier molecular flexibility index (Phi) is 13.2. The highest BCUT2D eigenvalue weighted by atomic mass is 16.5. The van der Waals surface area contributed by atoms with E-state index in [1.165, 1.54) is 77.0 Å². The second kappa shape index (κ2) is 17.6. The number of hydrogen-bond acceptors (Lipinski definition) is 3. The summed E-state index contributed by atoms with van der Waals surface area (Å²) in [5.74, 6) is 3.52. The zero-order valence-corrected chi connectivity index (χ0v) is 25.5. The predicted molar refractivity (Wildman–Crippen MR) is 175 cm³/mol. The van der Waals surface area contributed by atoms with Crippen molar-refractivity contribution in [3.8, 4) is 23.0 Å². The van der Waals surface area contributed by atoms with E-state index in [9.17, 15) is 0 Å². The lowest BCUT2D eigenvalue weighted by atomic mass is 10.00. The Hall–Kier alpha value is -3.20. The van der Waals surface area contributed by atoms with Gasteiger partial charge < -0.3 is 14.2 Å². The van der Waals surface area contributed by atoms with Crippen molar-refractivity contribution < 1.29 is 14.2 Å². The maximum absolute atomic E-state index is 6.60. The minimum Gasteiger partial charge on any atom is -0.492 e. The van der Waals surface area contributed by atoms with E-state index in [4.69, 9.17) is 14.2 Å². The molecule has 4 aromatic rings. The fourth-order valence-corrected chi connectivity index (χ4v) is 5.54. The highest BCUT2D eigenvalue weighted by Crippen LogP contribution is 2.44. The van der Waals surface area contributed by atoms with Crippen LogP contribution in [0.5, 0.6) is 23.0 Å². The minimum absolute atomic E-state index is 0.717. The van der Waals surface area contributed by atoms with Gasteiger partial charge in [0.25, 0.3) is 0 Å². The van der Waals surface area contributed by atoms with Crippen LogP contribution in [0.25, 0.3) is 21.5 Å². The maximum atomic E-state index is 6.60. The van der Waals surface area contributed by atoms with Crippen LogP contribution in [0, 0.1) is 0 Å². The summed E-state index contributed by atoms with van der Waals surface area (Å²) in [5, 5.41) is 4.36. The quantitative estimate of drug-likeness (QED) is 0.0803. The molecule has 220 valence electrons. The molecule has 3 heteroatoms. The average Bonchev–Trinajstić information content (AvgIpc) is 3.01. The van der Waals surface area contributed by atoms with E-state index in [1.807, 2.05) is 36.4 Å².